The van der Waals surface area contributed by atoms with Gasteiger partial charge in [0.1, 0.15) is 7.05 Å². The third-order valence-corrected chi connectivity index (χ3v) is 6.86. The molecule has 6 rings (SSSR count). The molecule has 154 valence electrons. The number of nitrogens with zero attached hydrogens (tertiary/aromatic N) is 3. The molecule has 3 heteroatoms. The molecular weight excluding hydrogens is 378 g/mol. The Morgan fingerprint density at radius 3 is 2.55 bits per heavy atom. The molecular formula is C28H28N3+. The first-order valence-corrected chi connectivity index (χ1v) is 11.1. The van der Waals surface area contributed by atoms with Crippen LogP contribution in [-0.4, -0.2) is 9.38 Å². The van der Waals surface area contributed by atoms with E-state index in [2.05, 4.69) is 92.1 Å². The van der Waals surface area contributed by atoms with Crippen molar-refractivity contribution < 1.29 is 4.57 Å². The standard InChI is InChI=1S/C28H28N3/c1-16-11-21-20-7-9-29-15-23(20)31-22-13-18(14-28(3,4)5)12-19-8-10-30(6)27(25(19)22)24(17(16)2)26(21)31/h7-13,15H,14H2,1-6H3/q+1. The molecule has 0 N–H and O–H groups in total. The summed E-state index contributed by atoms with van der Waals surface area (Å²) in [5.74, 6) is 0. The Bertz CT molecular complexity index is 1660. The van der Waals surface area contributed by atoms with Gasteiger partial charge < -0.3 is 4.40 Å². The van der Waals surface area contributed by atoms with Crippen LogP contribution in [0.25, 0.3) is 49.0 Å². The molecule has 2 aromatic carbocycles. The third-order valence-electron chi connectivity index (χ3n) is 6.86. The van der Waals surface area contributed by atoms with Gasteiger partial charge in [0, 0.05) is 23.0 Å². The van der Waals surface area contributed by atoms with Crippen LogP contribution < -0.4 is 4.57 Å². The Morgan fingerprint density at radius 1 is 0.968 bits per heavy atom. The van der Waals surface area contributed by atoms with Crippen molar-refractivity contribution >= 4 is 49.0 Å². The molecule has 0 unspecified atom stereocenters. The van der Waals surface area contributed by atoms with E-state index in [4.69, 9.17) is 0 Å². The molecule has 3 nitrogen and oxygen atoms in total. The average molecular weight is 407 g/mol. The van der Waals surface area contributed by atoms with Gasteiger partial charge in [-0.2, -0.15) is 0 Å². The monoisotopic (exact) mass is 406 g/mol. The van der Waals surface area contributed by atoms with Crippen LogP contribution in [-0.2, 0) is 13.5 Å². The SMILES string of the molecule is Cc1cc2c3ccncc3n3c4cc(CC(C)(C)C)cc5cc[n+](C)c(c(c1C)c23)c54. The maximum atomic E-state index is 4.51. The number of pyridine rings is 3. The van der Waals surface area contributed by atoms with E-state index >= 15 is 0 Å². The van der Waals surface area contributed by atoms with Gasteiger partial charge in [-0.25, -0.2) is 4.57 Å². The van der Waals surface area contributed by atoms with Crippen molar-refractivity contribution in [2.24, 2.45) is 12.5 Å². The molecule has 0 aliphatic heterocycles. The molecule has 0 saturated heterocycles. The predicted octanol–water partition coefficient (Wildman–Crippen LogP) is 6.41. The van der Waals surface area contributed by atoms with Gasteiger partial charge in [0.05, 0.1) is 33.5 Å². The molecule has 0 atom stereocenters. The summed E-state index contributed by atoms with van der Waals surface area (Å²) >= 11 is 0. The Hall–Kier alpha value is -3.20. The Morgan fingerprint density at radius 2 is 1.77 bits per heavy atom. The normalized spacial score (nSPS) is 13.0. The predicted molar refractivity (Wildman–Crippen MR) is 130 cm³/mol. The van der Waals surface area contributed by atoms with Crippen LogP contribution >= 0.6 is 0 Å². The number of fused-ring (bicyclic) bond motifs is 5. The zero-order valence-corrected chi connectivity index (χ0v) is 19.2. The van der Waals surface area contributed by atoms with Crippen molar-refractivity contribution in [3.8, 4) is 0 Å². The lowest BCUT2D eigenvalue weighted by atomic mass is 9.87. The van der Waals surface area contributed by atoms with E-state index < -0.39 is 0 Å². The van der Waals surface area contributed by atoms with Crippen molar-refractivity contribution in [2.45, 2.75) is 41.0 Å². The van der Waals surface area contributed by atoms with E-state index in [0.29, 0.717) is 0 Å². The van der Waals surface area contributed by atoms with E-state index in [9.17, 15) is 0 Å². The van der Waals surface area contributed by atoms with E-state index in [1.54, 1.807) is 0 Å². The van der Waals surface area contributed by atoms with Gasteiger partial charge in [0.2, 0.25) is 5.52 Å². The maximum Gasteiger partial charge on any atom is 0.224 e. The number of aryl methyl sites for hydroxylation is 3. The summed E-state index contributed by atoms with van der Waals surface area (Å²) in [7, 11) is 2.18. The second-order valence-electron chi connectivity index (χ2n) is 10.4. The number of hydrogen-bond donors (Lipinski definition) is 0. The maximum absolute atomic E-state index is 4.51. The number of benzene rings is 2. The van der Waals surface area contributed by atoms with E-state index in [1.165, 1.54) is 65.7 Å². The van der Waals surface area contributed by atoms with Crippen molar-refractivity contribution in [2.75, 3.05) is 0 Å². The molecule has 4 aromatic heterocycles. The lowest BCUT2D eigenvalue weighted by Gasteiger charge is -2.20. The topological polar surface area (TPSA) is 21.2 Å². The van der Waals surface area contributed by atoms with E-state index in [0.717, 1.165) is 6.42 Å². The molecule has 0 aliphatic rings. The lowest BCUT2D eigenvalue weighted by molar-refractivity contribution is -0.643. The van der Waals surface area contributed by atoms with Gasteiger partial charge in [-0.1, -0.05) is 26.8 Å². The fourth-order valence-corrected chi connectivity index (χ4v) is 5.53. The molecule has 0 spiro atoms. The van der Waals surface area contributed by atoms with E-state index in [1.807, 2.05) is 12.4 Å². The Balaban J connectivity index is 1.99. The molecule has 6 aromatic rings. The quantitative estimate of drug-likeness (QED) is 0.175. The molecule has 4 heterocycles. The molecule has 0 bridgehead atoms. The number of hydrogen-bond acceptors (Lipinski definition) is 1. The summed E-state index contributed by atoms with van der Waals surface area (Å²) in [5.41, 5.74) is 9.43. The highest BCUT2D eigenvalue weighted by molar-refractivity contribution is 6.26. The van der Waals surface area contributed by atoms with Crippen molar-refractivity contribution in [1.82, 2.24) is 9.38 Å². The minimum atomic E-state index is 0.235. The third kappa shape index (κ3) is 2.46. The van der Waals surface area contributed by atoms with Gasteiger partial charge >= 0.3 is 0 Å². The highest BCUT2D eigenvalue weighted by atomic mass is 15.0. The molecule has 0 radical (unpaired) electrons. The lowest BCUT2D eigenvalue weighted by Crippen LogP contribution is -2.29. The molecule has 31 heavy (non-hydrogen) atoms. The number of rotatable bonds is 1. The fourth-order valence-electron chi connectivity index (χ4n) is 5.53. The Kier molecular flexibility index (Phi) is 3.56. The van der Waals surface area contributed by atoms with Crippen LogP contribution in [0, 0.1) is 19.3 Å². The van der Waals surface area contributed by atoms with Crippen molar-refractivity contribution in [1.29, 1.82) is 0 Å². The second-order valence-corrected chi connectivity index (χ2v) is 10.4. The van der Waals surface area contributed by atoms with Crippen LogP contribution in [0.1, 0.15) is 37.5 Å². The smallest absolute Gasteiger partial charge is 0.224 e. The van der Waals surface area contributed by atoms with Gasteiger partial charge in [0.15, 0.2) is 6.20 Å². The van der Waals surface area contributed by atoms with Crippen LogP contribution in [0.2, 0.25) is 0 Å². The summed E-state index contributed by atoms with van der Waals surface area (Å²) in [6.45, 7) is 11.4. The van der Waals surface area contributed by atoms with Crippen LogP contribution in [0.4, 0.5) is 0 Å². The molecule has 0 saturated carbocycles. The van der Waals surface area contributed by atoms with E-state index in [-0.39, 0.29) is 5.41 Å². The minimum Gasteiger partial charge on any atom is -0.306 e. The first kappa shape index (κ1) is 18.6. The largest absolute Gasteiger partial charge is 0.306 e. The first-order valence-electron chi connectivity index (χ1n) is 11.1. The van der Waals surface area contributed by atoms with Gasteiger partial charge in [0.25, 0.3) is 0 Å². The summed E-state index contributed by atoms with van der Waals surface area (Å²) in [4.78, 5) is 4.51. The molecule has 0 aliphatic carbocycles. The number of aromatic nitrogens is 3. The summed E-state index contributed by atoms with van der Waals surface area (Å²) in [5, 5.41) is 6.61. The zero-order chi connectivity index (χ0) is 21.7. The molecule has 0 amide bonds. The van der Waals surface area contributed by atoms with Crippen molar-refractivity contribution in [3.05, 3.63) is 65.6 Å². The summed E-state index contributed by atoms with van der Waals surface area (Å²) in [6.07, 6.45) is 7.21. The molecule has 0 fully saturated rings. The second kappa shape index (κ2) is 5.94. The van der Waals surface area contributed by atoms with Gasteiger partial charge in [-0.05, 0) is 66.0 Å². The summed E-state index contributed by atoms with van der Waals surface area (Å²) < 4.78 is 4.77. The minimum absolute atomic E-state index is 0.235. The van der Waals surface area contributed by atoms with Crippen molar-refractivity contribution in [3.63, 3.8) is 0 Å². The van der Waals surface area contributed by atoms with Gasteiger partial charge in [-0.15, -0.1) is 0 Å². The van der Waals surface area contributed by atoms with Crippen LogP contribution in [0.5, 0.6) is 0 Å². The summed E-state index contributed by atoms with van der Waals surface area (Å²) in [6, 6.07) is 11.6. The fraction of sp³-hybridized carbons (Fsp3) is 0.286. The Labute approximate surface area is 182 Å². The highest BCUT2D eigenvalue weighted by Gasteiger charge is 2.25. The first-order chi connectivity index (χ1) is 14.7. The highest BCUT2D eigenvalue weighted by Crippen LogP contribution is 2.42. The van der Waals surface area contributed by atoms with Gasteiger partial charge in [-0.3, -0.25) is 4.98 Å². The van der Waals surface area contributed by atoms with Crippen LogP contribution in [0.3, 0.4) is 0 Å². The van der Waals surface area contributed by atoms with Crippen LogP contribution in [0.15, 0.2) is 48.9 Å². The zero-order valence-electron chi connectivity index (χ0n) is 19.2. The average Bonchev–Trinajstić information content (AvgIpc) is 3.03.